The molecule has 1 fully saturated rings. The molecule has 0 spiro atoms. The van der Waals surface area contributed by atoms with E-state index in [-0.39, 0.29) is 0 Å². The molecule has 2 aromatic carbocycles. The fourth-order valence-electron chi connectivity index (χ4n) is 3.38. The highest BCUT2D eigenvalue weighted by Crippen LogP contribution is 2.26. The predicted molar refractivity (Wildman–Crippen MR) is 109 cm³/mol. The second-order valence-corrected chi connectivity index (χ2v) is 9.02. The monoisotopic (exact) mass is 381 g/mol. The number of pyridine rings is 1. The van der Waals surface area contributed by atoms with Gasteiger partial charge < -0.3 is 5.32 Å². The maximum atomic E-state index is 12.7. The van der Waals surface area contributed by atoms with Gasteiger partial charge in [-0.25, -0.2) is 13.4 Å². The van der Waals surface area contributed by atoms with E-state index in [4.69, 9.17) is 0 Å². The van der Waals surface area contributed by atoms with Gasteiger partial charge in [0.15, 0.2) is 0 Å². The number of sulfonamides is 1. The van der Waals surface area contributed by atoms with Crippen molar-refractivity contribution in [1.82, 2.24) is 9.29 Å². The molecule has 5 nitrogen and oxygen atoms in total. The number of fused-ring (bicyclic) bond motifs is 1. The molecule has 6 heteroatoms. The number of benzene rings is 2. The minimum Gasteiger partial charge on any atom is -0.340 e. The Morgan fingerprint density at radius 2 is 1.70 bits per heavy atom. The normalized spacial score (nSPS) is 15.3. The number of rotatable bonds is 4. The van der Waals surface area contributed by atoms with Crippen LogP contribution < -0.4 is 5.32 Å². The van der Waals surface area contributed by atoms with Crippen LogP contribution in [0, 0.1) is 13.8 Å². The fraction of sp³-hybridized carbons (Fsp3) is 0.286. The Bertz CT molecular complexity index is 1100. The number of nitrogens with zero attached hydrogens (tertiary/aromatic N) is 2. The maximum absolute atomic E-state index is 12.7. The Hall–Kier alpha value is -2.44. The number of anilines is 2. The van der Waals surface area contributed by atoms with Crippen LogP contribution in [0.15, 0.2) is 53.4 Å². The lowest BCUT2D eigenvalue weighted by molar-refractivity contribution is 0.477. The standard InChI is InChI=1S/C21H23N3O2S/c1-15-5-7-18(13-16(15)2)22-21-10-6-17-14-19(8-9-20(17)23-21)27(25,26)24-11-3-4-12-24/h5-10,13-14H,3-4,11-12H2,1-2H3,(H,22,23). The molecule has 4 rings (SSSR count). The van der Waals surface area contributed by atoms with E-state index < -0.39 is 10.0 Å². The van der Waals surface area contributed by atoms with Gasteiger partial charge in [-0.2, -0.15) is 4.31 Å². The molecule has 3 aromatic rings. The molecule has 0 amide bonds. The van der Waals surface area contributed by atoms with E-state index in [2.05, 4.69) is 36.3 Å². The van der Waals surface area contributed by atoms with E-state index >= 15 is 0 Å². The Morgan fingerprint density at radius 1 is 0.926 bits per heavy atom. The Kier molecular flexibility index (Phi) is 4.61. The smallest absolute Gasteiger partial charge is 0.243 e. The molecule has 140 valence electrons. The Morgan fingerprint density at radius 3 is 2.44 bits per heavy atom. The number of aryl methyl sites for hydroxylation is 2. The second-order valence-electron chi connectivity index (χ2n) is 7.09. The first kappa shape index (κ1) is 17.9. The van der Waals surface area contributed by atoms with Crippen molar-refractivity contribution in [3.63, 3.8) is 0 Å². The molecule has 1 saturated heterocycles. The molecule has 0 saturated carbocycles. The van der Waals surface area contributed by atoms with Gasteiger partial charge in [-0.3, -0.25) is 0 Å². The number of nitrogens with one attached hydrogen (secondary N) is 1. The zero-order valence-corrected chi connectivity index (χ0v) is 16.4. The molecule has 0 radical (unpaired) electrons. The van der Waals surface area contributed by atoms with Crippen molar-refractivity contribution in [3.8, 4) is 0 Å². The van der Waals surface area contributed by atoms with Crippen LogP contribution in [0.4, 0.5) is 11.5 Å². The molecule has 1 N–H and O–H groups in total. The van der Waals surface area contributed by atoms with Gasteiger partial charge in [-0.15, -0.1) is 0 Å². The first-order valence-corrected chi connectivity index (χ1v) is 10.6. The summed E-state index contributed by atoms with van der Waals surface area (Å²) >= 11 is 0. The molecular formula is C21H23N3O2S. The van der Waals surface area contributed by atoms with Crippen molar-refractivity contribution in [2.45, 2.75) is 31.6 Å². The average Bonchev–Trinajstić information content (AvgIpc) is 3.20. The summed E-state index contributed by atoms with van der Waals surface area (Å²) in [4.78, 5) is 4.97. The zero-order valence-electron chi connectivity index (χ0n) is 15.6. The lowest BCUT2D eigenvalue weighted by Gasteiger charge is -2.16. The first-order valence-electron chi connectivity index (χ1n) is 9.19. The summed E-state index contributed by atoms with van der Waals surface area (Å²) in [6.45, 7) is 5.38. The van der Waals surface area contributed by atoms with E-state index in [0.29, 0.717) is 18.0 Å². The summed E-state index contributed by atoms with van der Waals surface area (Å²) in [5.41, 5.74) is 4.22. The van der Waals surface area contributed by atoms with Crippen LogP contribution in [0.25, 0.3) is 10.9 Å². The van der Waals surface area contributed by atoms with Crippen molar-refractivity contribution in [2.75, 3.05) is 18.4 Å². The lowest BCUT2D eigenvalue weighted by atomic mass is 10.1. The fourth-order valence-corrected chi connectivity index (χ4v) is 4.93. The average molecular weight is 382 g/mol. The highest BCUT2D eigenvalue weighted by Gasteiger charge is 2.27. The highest BCUT2D eigenvalue weighted by atomic mass is 32.2. The van der Waals surface area contributed by atoms with Crippen LogP contribution >= 0.6 is 0 Å². The Labute approximate surface area is 160 Å². The van der Waals surface area contributed by atoms with Crippen LogP contribution in [0.3, 0.4) is 0 Å². The van der Waals surface area contributed by atoms with Crippen molar-refractivity contribution < 1.29 is 8.42 Å². The topological polar surface area (TPSA) is 62.3 Å². The molecule has 1 aromatic heterocycles. The van der Waals surface area contributed by atoms with Gasteiger partial charge >= 0.3 is 0 Å². The van der Waals surface area contributed by atoms with Crippen LogP contribution in [-0.2, 0) is 10.0 Å². The largest absolute Gasteiger partial charge is 0.340 e. The SMILES string of the molecule is Cc1ccc(Nc2ccc3cc(S(=O)(=O)N4CCCC4)ccc3n2)cc1C. The molecule has 0 atom stereocenters. The van der Waals surface area contributed by atoms with Gasteiger partial charge in [0.2, 0.25) is 10.0 Å². The predicted octanol–water partition coefficient (Wildman–Crippen LogP) is 4.38. The quantitative estimate of drug-likeness (QED) is 0.728. The summed E-state index contributed by atoms with van der Waals surface area (Å²) in [6, 6.07) is 15.1. The van der Waals surface area contributed by atoms with E-state index in [1.807, 2.05) is 18.2 Å². The maximum Gasteiger partial charge on any atom is 0.243 e. The minimum atomic E-state index is -3.41. The summed E-state index contributed by atoms with van der Waals surface area (Å²) < 4.78 is 27.0. The van der Waals surface area contributed by atoms with Crippen LogP contribution in [-0.4, -0.2) is 30.8 Å². The van der Waals surface area contributed by atoms with Crippen molar-refractivity contribution in [1.29, 1.82) is 0 Å². The molecule has 0 aliphatic carbocycles. The number of hydrogen-bond acceptors (Lipinski definition) is 4. The lowest BCUT2D eigenvalue weighted by Crippen LogP contribution is -2.27. The van der Waals surface area contributed by atoms with E-state index in [0.717, 1.165) is 35.2 Å². The third-order valence-electron chi connectivity index (χ3n) is 5.14. The van der Waals surface area contributed by atoms with E-state index in [9.17, 15) is 8.42 Å². The zero-order chi connectivity index (χ0) is 19.0. The molecule has 0 unspecified atom stereocenters. The van der Waals surface area contributed by atoms with E-state index in [1.54, 1.807) is 22.5 Å². The molecule has 1 aliphatic rings. The van der Waals surface area contributed by atoms with E-state index in [1.165, 1.54) is 11.1 Å². The second kappa shape index (κ2) is 6.94. The number of aromatic nitrogens is 1. The van der Waals surface area contributed by atoms with Gasteiger partial charge in [0.1, 0.15) is 5.82 Å². The van der Waals surface area contributed by atoms with Crippen LogP contribution in [0.2, 0.25) is 0 Å². The Balaban J connectivity index is 1.63. The van der Waals surface area contributed by atoms with Crippen molar-refractivity contribution in [3.05, 3.63) is 59.7 Å². The van der Waals surface area contributed by atoms with Gasteiger partial charge in [-0.1, -0.05) is 6.07 Å². The van der Waals surface area contributed by atoms with Crippen molar-refractivity contribution in [2.24, 2.45) is 0 Å². The molecule has 27 heavy (non-hydrogen) atoms. The molecule has 0 bridgehead atoms. The van der Waals surface area contributed by atoms with Crippen molar-refractivity contribution >= 4 is 32.4 Å². The number of hydrogen-bond donors (Lipinski definition) is 1. The molecular weight excluding hydrogens is 358 g/mol. The third-order valence-corrected chi connectivity index (χ3v) is 7.04. The first-order chi connectivity index (χ1) is 12.9. The summed E-state index contributed by atoms with van der Waals surface area (Å²) in [5, 5.41) is 4.14. The van der Waals surface area contributed by atoms with Gasteiger partial charge in [0, 0.05) is 24.2 Å². The van der Waals surface area contributed by atoms with Crippen LogP contribution in [0.5, 0.6) is 0 Å². The van der Waals surface area contributed by atoms with Crippen LogP contribution in [0.1, 0.15) is 24.0 Å². The molecule has 1 aliphatic heterocycles. The van der Waals surface area contributed by atoms with Gasteiger partial charge in [0.25, 0.3) is 0 Å². The highest BCUT2D eigenvalue weighted by molar-refractivity contribution is 7.89. The molecule has 2 heterocycles. The van der Waals surface area contributed by atoms with Gasteiger partial charge in [-0.05, 0) is 80.3 Å². The summed E-state index contributed by atoms with van der Waals surface area (Å²) in [5.74, 6) is 0.737. The third kappa shape index (κ3) is 3.55. The van der Waals surface area contributed by atoms with Gasteiger partial charge in [0.05, 0.1) is 10.4 Å². The minimum absolute atomic E-state index is 0.341. The summed E-state index contributed by atoms with van der Waals surface area (Å²) in [7, 11) is -3.41. The summed E-state index contributed by atoms with van der Waals surface area (Å²) in [6.07, 6.45) is 1.86.